The number of ether oxygens (including phenoxy) is 4. The minimum absolute atomic E-state index is 0. The van der Waals surface area contributed by atoms with Crippen molar-refractivity contribution < 1.29 is 18.9 Å². The average Bonchev–Trinajstić information content (AvgIpc) is 3.15. The van der Waals surface area contributed by atoms with E-state index in [1.807, 2.05) is 36.4 Å². The van der Waals surface area contributed by atoms with Gasteiger partial charge in [-0.2, -0.15) is 0 Å². The monoisotopic (exact) mass is 462 g/mol. The molecule has 2 aromatic carbocycles. The first kappa shape index (κ1) is 25.7. The maximum Gasteiger partial charge on any atom is 0.162 e. The van der Waals surface area contributed by atoms with Crippen LogP contribution in [0.25, 0.3) is 10.9 Å². The second-order valence-corrected chi connectivity index (χ2v) is 8.20. The fourth-order valence-corrected chi connectivity index (χ4v) is 3.64. The molecular formula is C25H35ClN2O4. The summed E-state index contributed by atoms with van der Waals surface area (Å²) in [6.07, 6.45) is 3.89. The van der Waals surface area contributed by atoms with Crippen molar-refractivity contribution in [3.8, 4) is 23.0 Å². The molecule has 32 heavy (non-hydrogen) atoms. The van der Waals surface area contributed by atoms with Crippen LogP contribution >= 0.6 is 12.4 Å². The van der Waals surface area contributed by atoms with Crippen molar-refractivity contribution in [1.82, 2.24) is 10.3 Å². The molecule has 0 aliphatic heterocycles. The SMILES string of the molecule is CCCOc1ccccc1OCCNC(C)(C)Cc1c[nH]c2cc(OC)c(OC)cc12.Cl. The molecule has 0 amide bonds. The molecular weight excluding hydrogens is 428 g/mol. The third kappa shape index (κ3) is 6.47. The summed E-state index contributed by atoms with van der Waals surface area (Å²) in [4.78, 5) is 3.35. The van der Waals surface area contributed by atoms with E-state index in [-0.39, 0.29) is 17.9 Å². The summed E-state index contributed by atoms with van der Waals surface area (Å²) in [7, 11) is 3.31. The van der Waals surface area contributed by atoms with E-state index >= 15 is 0 Å². The maximum atomic E-state index is 5.97. The summed E-state index contributed by atoms with van der Waals surface area (Å²) in [6.45, 7) is 8.47. The van der Waals surface area contributed by atoms with E-state index in [1.54, 1.807) is 14.2 Å². The zero-order valence-electron chi connectivity index (χ0n) is 19.6. The molecule has 176 valence electrons. The molecule has 1 heterocycles. The van der Waals surface area contributed by atoms with Gasteiger partial charge in [0.15, 0.2) is 23.0 Å². The molecule has 0 saturated heterocycles. The van der Waals surface area contributed by atoms with E-state index in [1.165, 1.54) is 5.56 Å². The molecule has 1 aromatic heterocycles. The van der Waals surface area contributed by atoms with Crippen LogP contribution in [0, 0.1) is 0 Å². The van der Waals surface area contributed by atoms with Crippen LogP contribution < -0.4 is 24.3 Å². The van der Waals surface area contributed by atoms with Crippen LogP contribution in [0.4, 0.5) is 0 Å². The number of aromatic amines is 1. The fraction of sp³-hybridized carbons (Fsp3) is 0.440. The van der Waals surface area contributed by atoms with Gasteiger partial charge in [0.25, 0.3) is 0 Å². The molecule has 0 aliphatic carbocycles. The van der Waals surface area contributed by atoms with Crippen LogP contribution in [0.15, 0.2) is 42.6 Å². The Morgan fingerprint density at radius 1 is 0.906 bits per heavy atom. The lowest BCUT2D eigenvalue weighted by Crippen LogP contribution is -2.43. The Balaban J connectivity index is 0.00000363. The number of benzene rings is 2. The van der Waals surface area contributed by atoms with Crippen molar-refractivity contribution in [2.45, 2.75) is 39.2 Å². The highest BCUT2D eigenvalue weighted by Gasteiger charge is 2.20. The van der Waals surface area contributed by atoms with Gasteiger partial charge in [0.2, 0.25) is 0 Å². The van der Waals surface area contributed by atoms with Gasteiger partial charge in [-0.1, -0.05) is 19.1 Å². The summed E-state index contributed by atoms with van der Waals surface area (Å²) in [5.41, 5.74) is 2.16. The Labute approximate surface area is 197 Å². The van der Waals surface area contributed by atoms with Crippen molar-refractivity contribution in [2.24, 2.45) is 0 Å². The predicted octanol–water partition coefficient (Wildman–Crippen LogP) is 5.39. The highest BCUT2D eigenvalue weighted by Crippen LogP contribution is 2.34. The molecule has 7 heteroatoms. The quantitative estimate of drug-likeness (QED) is 0.353. The van der Waals surface area contributed by atoms with Gasteiger partial charge in [-0.25, -0.2) is 0 Å². The number of para-hydroxylation sites is 2. The highest BCUT2D eigenvalue weighted by atomic mass is 35.5. The van der Waals surface area contributed by atoms with Crippen LogP contribution in [0.5, 0.6) is 23.0 Å². The summed E-state index contributed by atoms with van der Waals surface area (Å²) in [6, 6.07) is 11.8. The summed E-state index contributed by atoms with van der Waals surface area (Å²) >= 11 is 0. The van der Waals surface area contributed by atoms with Crippen molar-refractivity contribution in [3.05, 3.63) is 48.2 Å². The van der Waals surface area contributed by atoms with E-state index in [2.05, 4.69) is 37.3 Å². The minimum Gasteiger partial charge on any atom is -0.493 e. The molecule has 3 aromatic rings. The topological polar surface area (TPSA) is 64.7 Å². The van der Waals surface area contributed by atoms with Crippen LogP contribution in [0.3, 0.4) is 0 Å². The molecule has 3 rings (SSSR count). The Morgan fingerprint density at radius 2 is 1.53 bits per heavy atom. The summed E-state index contributed by atoms with van der Waals surface area (Å²) in [5, 5.41) is 4.75. The van der Waals surface area contributed by atoms with Crippen molar-refractivity contribution in [2.75, 3.05) is 34.0 Å². The van der Waals surface area contributed by atoms with E-state index in [0.717, 1.165) is 53.3 Å². The highest BCUT2D eigenvalue weighted by molar-refractivity contribution is 5.87. The standard InChI is InChI=1S/C25H34N2O4.ClH/c1-6-12-30-21-9-7-8-10-22(21)31-13-11-27-25(2,3)16-18-17-26-20-15-24(29-5)23(28-4)14-19(18)20;/h7-10,14-15,17,26-27H,6,11-13,16H2,1-5H3;1H. The zero-order valence-corrected chi connectivity index (χ0v) is 20.4. The van der Waals surface area contributed by atoms with Gasteiger partial charge in [0, 0.05) is 35.2 Å². The second kappa shape index (κ2) is 11.9. The van der Waals surface area contributed by atoms with E-state index in [4.69, 9.17) is 18.9 Å². The number of rotatable bonds is 12. The predicted molar refractivity (Wildman–Crippen MR) is 132 cm³/mol. The molecule has 0 unspecified atom stereocenters. The number of methoxy groups -OCH3 is 2. The normalized spacial score (nSPS) is 11.2. The lowest BCUT2D eigenvalue weighted by molar-refractivity contribution is 0.255. The smallest absolute Gasteiger partial charge is 0.162 e. The molecule has 0 atom stereocenters. The van der Waals surface area contributed by atoms with Crippen LogP contribution in [-0.4, -0.2) is 44.5 Å². The number of hydrogen-bond acceptors (Lipinski definition) is 5. The molecule has 0 radical (unpaired) electrons. The van der Waals surface area contributed by atoms with Gasteiger partial charge >= 0.3 is 0 Å². The first-order valence-electron chi connectivity index (χ1n) is 10.8. The number of fused-ring (bicyclic) bond motifs is 1. The van der Waals surface area contributed by atoms with E-state index in [0.29, 0.717) is 13.2 Å². The largest absolute Gasteiger partial charge is 0.493 e. The van der Waals surface area contributed by atoms with E-state index < -0.39 is 0 Å². The van der Waals surface area contributed by atoms with Gasteiger partial charge in [-0.15, -0.1) is 12.4 Å². The number of halogens is 1. The van der Waals surface area contributed by atoms with Gasteiger partial charge in [-0.05, 0) is 50.5 Å². The summed E-state index contributed by atoms with van der Waals surface area (Å²) < 4.78 is 22.6. The second-order valence-electron chi connectivity index (χ2n) is 8.20. The lowest BCUT2D eigenvalue weighted by atomic mass is 9.94. The molecule has 0 saturated carbocycles. The first-order chi connectivity index (χ1) is 15.0. The first-order valence-corrected chi connectivity index (χ1v) is 10.8. The Bertz CT molecular complexity index is 987. The van der Waals surface area contributed by atoms with Gasteiger partial charge in [-0.3, -0.25) is 0 Å². The zero-order chi connectivity index (χ0) is 22.3. The number of hydrogen-bond donors (Lipinski definition) is 2. The van der Waals surface area contributed by atoms with Crippen LogP contribution in [0.1, 0.15) is 32.8 Å². The lowest BCUT2D eigenvalue weighted by Gasteiger charge is -2.26. The van der Waals surface area contributed by atoms with Crippen LogP contribution in [0.2, 0.25) is 0 Å². The van der Waals surface area contributed by atoms with Crippen molar-refractivity contribution >= 4 is 23.3 Å². The number of H-pyrrole nitrogens is 1. The van der Waals surface area contributed by atoms with Gasteiger partial charge < -0.3 is 29.2 Å². The average molecular weight is 463 g/mol. The van der Waals surface area contributed by atoms with Crippen LogP contribution in [-0.2, 0) is 6.42 Å². The maximum absolute atomic E-state index is 5.97. The molecule has 6 nitrogen and oxygen atoms in total. The Hall–Kier alpha value is -2.57. The Morgan fingerprint density at radius 3 is 2.16 bits per heavy atom. The minimum atomic E-state index is -0.107. The van der Waals surface area contributed by atoms with Gasteiger partial charge in [0.1, 0.15) is 6.61 Å². The van der Waals surface area contributed by atoms with Crippen molar-refractivity contribution in [3.63, 3.8) is 0 Å². The third-order valence-corrected chi connectivity index (χ3v) is 5.18. The molecule has 0 bridgehead atoms. The molecule has 2 N–H and O–H groups in total. The fourth-order valence-electron chi connectivity index (χ4n) is 3.64. The van der Waals surface area contributed by atoms with E-state index in [9.17, 15) is 0 Å². The molecule has 0 spiro atoms. The van der Waals surface area contributed by atoms with Gasteiger partial charge in [0.05, 0.1) is 20.8 Å². The molecule has 0 fully saturated rings. The third-order valence-electron chi connectivity index (χ3n) is 5.18. The van der Waals surface area contributed by atoms with Crippen molar-refractivity contribution in [1.29, 1.82) is 0 Å². The number of aromatic nitrogens is 1. The molecule has 0 aliphatic rings. The Kier molecular flexibility index (Phi) is 9.54. The number of nitrogens with one attached hydrogen (secondary N) is 2. The summed E-state index contributed by atoms with van der Waals surface area (Å²) in [5.74, 6) is 3.04.